The molecule has 8 heteroatoms. The third-order valence-electron chi connectivity index (χ3n) is 5.98. The van der Waals surface area contributed by atoms with Crippen molar-refractivity contribution in [3.8, 4) is 16.7 Å². The highest BCUT2D eigenvalue weighted by Gasteiger charge is 2.14. The molecule has 7 nitrogen and oxygen atoms in total. The summed E-state index contributed by atoms with van der Waals surface area (Å²) in [7, 11) is 1.65. The summed E-state index contributed by atoms with van der Waals surface area (Å²) in [6.45, 7) is 11.5. The van der Waals surface area contributed by atoms with Gasteiger partial charge in [-0.05, 0) is 81.7 Å². The molecule has 1 heterocycles. The molecule has 0 fully saturated rings. The molecule has 0 bridgehead atoms. The first-order chi connectivity index (χ1) is 16.9. The van der Waals surface area contributed by atoms with Crippen LogP contribution >= 0.6 is 11.5 Å². The van der Waals surface area contributed by atoms with Crippen LogP contribution in [-0.4, -0.2) is 53.0 Å². The van der Waals surface area contributed by atoms with Crippen molar-refractivity contribution in [3.05, 3.63) is 65.0 Å². The van der Waals surface area contributed by atoms with E-state index in [0.717, 1.165) is 49.4 Å². The van der Waals surface area contributed by atoms with Gasteiger partial charge in [-0.15, -0.1) is 0 Å². The third-order valence-corrected chi connectivity index (χ3v) is 6.61. The largest absolute Gasteiger partial charge is 0.497 e. The van der Waals surface area contributed by atoms with E-state index < -0.39 is 0 Å². The van der Waals surface area contributed by atoms with E-state index >= 15 is 0 Å². The fourth-order valence-electron chi connectivity index (χ4n) is 3.80. The molecular weight excluding hydrogens is 460 g/mol. The Balaban J connectivity index is 1.58. The molecule has 2 aromatic carbocycles. The summed E-state index contributed by atoms with van der Waals surface area (Å²) in [6.07, 6.45) is 2.59. The van der Waals surface area contributed by atoms with Crippen LogP contribution in [0.5, 0.6) is 16.7 Å². The summed E-state index contributed by atoms with van der Waals surface area (Å²) in [6, 6.07) is 13.4. The van der Waals surface area contributed by atoms with Gasteiger partial charge in [0.15, 0.2) is 5.82 Å². The Morgan fingerprint density at radius 3 is 2.71 bits per heavy atom. The molecule has 1 atom stereocenters. The van der Waals surface area contributed by atoms with Crippen molar-refractivity contribution in [2.24, 2.45) is 0 Å². The first-order valence-electron chi connectivity index (χ1n) is 12.2. The summed E-state index contributed by atoms with van der Waals surface area (Å²) in [4.78, 5) is 19.7. The van der Waals surface area contributed by atoms with Crippen molar-refractivity contribution in [1.82, 2.24) is 19.6 Å². The van der Waals surface area contributed by atoms with Gasteiger partial charge in [-0.3, -0.25) is 4.79 Å². The maximum absolute atomic E-state index is 12.8. The molecule has 0 saturated carbocycles. The number of amides is 1. The lowest BCUT2D eigenvalue weighted by Gasteiger charge is -2.20. The Hall–Kier alpha value is -2.97. The second-order valence-electron chi connectivity index (χ2n) is 8.63. The number of rotatable bonds is 13. The van der Waals surface area contributed by atoms with Crippen LogP contribution in [0.3, 0.4) is 0 Å². The van der Waals surface area contributed by atoms with E-state index in [1.54, 1.807) is 13.2 Å². The number of nitrogens with one attached hydrogen (secondary N) is 1. The van der Waals surface area contributed by atoms with Gasteiger partial charge in [-0.25, -0.2) is 0 Å². The average Bonchev–Trinajstić information content (AvgIpc) is 3.29. The maximum atomic E-state index is 12.8. The number of ether oxygens (including phenoxy) is 2. The molecule has 35 heavy (non-hydrogen) atoms. The molecule has 0 aliphatic heterocycles. The summed E-state index contributed by atoms with van der Waals surface area (Å²) < 4.78 is 15.7. The first-order valence-corrected chi connectivity index (χ1v) is 13.0. The Morgan fingerprint density at radius 1 is 1.17 bits per heavy atom. The normalized spacial score (nSPS) is 11.9. The zero-order chi connectivity index (χ0) is 25.2. The number of hydrogen-bond donors (Lipinski definition) is 1. The number of nitrogens with zero attached hydrogens (tertiary/aromatic N) is 3. The third kappa shape index (κ3) is 8.04. The summed E-state index contributed by atoms with van der Waals surface area (Å²) in [5.74, 6) is 2.00. The zero-order valence-electron chi connectivity index (χ0n) is 21.3. The van der Waals surface area contributed by atoms with E-state index in [-0.39, 0.29) is 11.9 Å². The molecule has 0 spiro atoms. The van der Waals surface area contributed by atoms with Crippen LogP contribution in [0.4, 0.5) is 0 Å². The minimum absolute atomic E-state index is 0.0961. The predicted molar refractivity (Wildman–Crippen MR) is 141 cm³/mol. The van der Waals surface area contributed by atoms with Crippen LogP contribution in [0.2, 0.25) is 0 Å². The fraction of sp³-hybridized carbons (Fsp3) is 0.444. The van der Waals surface area contributed by atoms with Crippen molar-refractivity contribution < 1.29 is 14.3 Å². The molecule has 0 radical (unpaired) electrons. The fourth-order valence-corrected chi connectivity index (χ4v) is 4.36. The smallest absolute Gasteiger partial charge is 0.298 e. The number of methoxy groups -OCH3 is 1. The van der Waals surface area contributed by atoms with Crippen LogP contribution in [0.15, 0.2) is 42.5 Å². The molecule has 1 aromatic heterocycles. The first kappa shape index (κ1) is 26.6. The average molecular weight is 497 g/mol. The molecule has 1 amide bonds. The molecule has 0 saturated heterocycles. The molecule has 0 aliphatic rings. The Morgan fingerprint density at radius 2 is 1.97 bits per heavy atom. The van der Waals surface area contributed by atoms with Crippen molar-refractivity contribution in [3.63, 3.8) is 0 Å². The van der Waals surface area contributed by atoms with Crippen molar-refractivity contribution >= 4 is 17.4 Å². The molecular formula is C27H36N4O3S. The summed E-state index contributed by atoms with van der Waals surface area (Å²) in [5, 5.41) is 3.56. The Bertz CT molecular complexity index is 1100. The number of benzene rings is 2. The second kappa shape index (κ2) is 13.2. The molecule has 0 aliphatic carbocycles. The quantitative estimate of drug-likeness (QED) is 0.338. The number of carbonyl (C=O) groups excluding carboxylic acids is 1. The van der Waals surface area contributed by atoms with Gasteiger partial charge in [-0.2, -0.15) is 9.36 Å². The van der Waals surface area contributed by atoms with Gasteiger partial charge in [0.1, 0.15) is 11.5 Å². The predicted octanol–water partition coefficient (Wildman–Crippen LogP) is 5.48. The van der Waals surface area contributed by atoms with E-state index in [0.29, 0.717) is 28.8 Å². The molecule has 1 unspecified atom stereocenters. The van der Waals surface area contributed by atoms with Crippen molar-refractivity contribution in [2.75, 3.05) is 26.7 Å². The number of hydrogen-bond acceptors (Lipinski definition) is 7. The van der Waals surface area contributed by atoms with Crippen LogP contribution in [0.1, 0.15) is 60.9 Å². The monoisotopic (exact) mass is 496 g/mol. The van der Waals surface area contributed by atoms with Crippen LogP contribution in [0.25, 0.3) is 0 Å². The number of aromatic nitrogens is 2. The van der Waals surface area contributed by atoms with Gasteiger partial charge in [0, 0.05) is 29.6 Å². The second-order valence-corrected chi connectivity index (χ2v) is 9.35. The highest BCUT2D eigenvalue weighted by Crippen LogP contribution is 2.28. The standard InChI is InChI=1S/C27H36N4O3S/c1-6-31(7-2)15-9-10-20(4)28-26(32)22-14-13-19(3)24(18-22)34-27-29-25(30-35-27)17-21-11-8-12-23(16-21)33-5/h8,11-14,16,18,20H,6-7,9-10,15,17H2,1-5H3,(H,28,32). The van der Waals surface area contributed by atoms with Gasteiger partial charge < -0.3 is 19.7 Å². The van der Waals surface area contributed by atoms with Crippen molar-refractivity contribution in [2.45, 2.75) is 53.0 Å². The van der Waals surface area contributed by atoms with Crippen molar-refractivity contribution in [1.29, 1.82) is 0 Å². The topological polar surface area (TPSA) is 76.6 Å². The molecule has 1 N–H and O–H groups in total. The number of aryl methyl sites for hydroxylation is 1. The van der Waals surface area contributed by atoms with Crippen LogP contribution < -0.4 is 14.8 Å². The minimum atomic E-state index is -0.0961. The van der Waals surface area contributed by atoms with Gasteiger partial charge in [0.25, 0.3) is 11.1 Å². The van der Waals surface area contributed by atoms with E-state index in [4.69, 9.17) is 9.47 Å². The molecule has 3 rings (SSSR count). The number of carbonyl (C=O) groups is 1. The van der Waals surface area contributed by atoms with E-state index in [1.165, 1.54) is 11.5 Å². The van der Waals surface area contributed by atoms with Gasteiger partial charge in [-0.1, -0.05) is 32.0 Å². The van der Waals surface area contributed by atoms with Crippen LogP contribution in [0, 0.1) is 6.92 Å². The van der Waals surface area contributed by atoms with Gasteiger partial charge >= 0.3 is 0 Å². The SMILES string of the molecule is CCN(CC)CCCC(C)NC(=O)c1ccc(C)c(Oc2nc(Cc3cccc(OC)c3)ns2)c1. The summed E-state index contributed by atoms with van der Waals surface area (Å²) >= 11 is 1.20. The lowest BCUT2D eigenvalue weighted by atomic mass is 10.1. The zero-order valence-corrected chi connectivity index (χ0v) is 22.2. The maximum Gasteiger partial charge on any atom is 0.298 e. The van der Waals surface area contributed by atoms with Gasteiger partial charge in [0.05, 0.1) is 7.11 Å². The Labute approximate surface area is 212 Å². The highest BCUT2D eigenvalue weighted by molar-refractivity contribution is 7.07. The molecule has 188 valence electrons. The van der Waals surface area contributed by atoms with Gasteiger partial charge in [0.2, 0.25) is 0 Å². The molecule has 3 aromatic rings. The minimum Gasteiger partial charge on any atom is -0.497 e. The van der Waals surface area contributed by atoms with E-state index in [1.807, 2.05) is 43.3 Å². The van der Waals surface area contributed by atoms with E-state index in [2.05, 4.69) is 40.3 Å². The lowest BCUT2D eigenvalue weighted by Crippen LogP contribution is -2.33. The highest BCUT2D eigenvalue weighted by atomic mass is 32.1. The van der Waals surface area contributed by atoms with E-state index in [9.17, 15) is 4.79 Å². The lowest BCUT2D eigenvalue weighted by molar-refractivity contribution is 0.0937. The Kier molecular flexibility index (Phi) is 10.0. The summed E-state index contributed by atoms with van der Waals surface area (Å²) in [5.41, 5.74) is 2.57. The van der Waals surface area contributed by atoms with Crippen LogP contribution in [-0.2, 0) is 6.42 Å².